The number of rotatable bonds is 10. The van der Waals surface area contributed by atoms with Crippen LogP contribution in [0.4, 0.5) is 0 Å². The van der Waals surface area contributed by atoms with E-state index in [1.54, 1.807) is 13.8 Å². The minimum atomic E-state index is -3.20. The number of esters is 1. The fourth-order valence-electron chi connectivity index (χ4n) is 1.45. The van der Waals surface area contributed by atoms with Gasteiger partial charge in [-0.3, -0.25) is 4.57 Å². The standard InChI is InChI=1S/C11H20N3O6P/c1-4-19-21(16,20-5-2)9-18-7-6-14-8-10(12-13-14)11(15)17-3/h8H,4-7,9H2,1-3H3. The quantitative estimate of drug-likeness (QED) is 0.361. The highest BCUT2D eigenvalue weighted by Gasteiger charge is 2.23. The first-order valence-electron chi connectivity index (χ1n) is 6.49. The summed E-state index contributed by atoms with van der Waals surface area (Å²) in [6.45, 7) is 4.61. The zero-order valence-corrected chi connectivity index (χ0v) is 13.2. The van der Waals surface area contributed by atoms with Gasteiger partial charge in [-0.1, -0.05) is 5.21 Å². The molecular weight excluding hydrogens is 301 g/mol. The Balaban J connectivity index is 2.37. The number of ether oxygens (including phenoxy) is 2. The van der Waals surface area contributed by atoms with Crippen molar-refractivity contribution in [2.45, 2.75) is 20.4 Å². The summed E-state index contributed by atoms with van der Waals surface area (Å²) in [6.07, 6.45) is 1.31. The lowest BCUT2D eigenvalue weighted by Crippen LogP contribution is -2.09. The highest BCUT2D eigenvalue weighted by molar-refractivity contribution is 7.53. The molecule has 9 nitrogen and oxygen atoms in total. The van der Waals surface area contributed by atoms with Crippen molar-refractivity contribution < 1.29 is 27.9 Å². The number of nitrogens with zero attached hydrogens (tertiary/aromatic N) is 3. The molecule has 1 rings (SSSR count). The van der Waals surface area contributed by atoms with Gasteiger partial charge in [0.25, 0.3) is 0 Å². The first-order valence-corrected chi connectivity index (χ1v) is 8.21. The van der Waals surface area contributed by atoms with E-state index >= 15 is 0 Å². The fraction of sp³-hybridized carbons (Fsp3) is 0.727. The second-order valence-electron chi connectivity index (χ2n) is 3.84. The van der Waals surface area contributed by atoms with Crippen LogP contribution in [0, 0.1) is 0 Å². The molecule has 21 heavy (non-hydrogen) atoms. The maximum atomic E-state index is 12.1. The summed E-state index contributed by atoms with van der Waals surface area (Å²) in [5.41, 5.74) is 0.117. The van der Waals surface area contributed by atoms with E-state index in [0.717, 1.165) is 0 Å². The predicted molar refractivity (Wildman–Crippen MR) is 73.0 cm³/mol. The van der Waals surface area contributed by atoms with Crippen LogP contribution in [-0.2, 0) is 29.6 Å². The molecule has 0 amide bonds. The lowest BCUT2D eigenvalue weighted by atomic mass is 10.5. The van der Waals surface area contributed by atoms with Gasteiger partial charge in [-0.2, -0.15) is 0 Å². The normalized spacial score (nSPS) is 11.6. The lowest BCUT2D eigenvalue weighted by molar-refractivity contribution is 0.0594. The minimum Gasteiger partial charge on any atom is -0.464 e. The van der Waals surface area contributed by atoms with Gasteiger partial charge in [0.1, 0.15) is 6.35 Å². The van der Waals surface area contributed by atoms with E-state index < -0.39 is 13.6 Å². The van der Waals surface area contributed by atoms with Crippen molar-refractivity contribution in [3.63, 3.8) is 0 Å². The first-order chi connectivity index (χ1) is 10.0. The summed E-state index contributed by atoms with van der Waals surface area (Å²) < 4.78 is 33.5. The van der Waals surface area contributed by atoms with Crippen molar-refractivity contribution in [1.82, 2.24) is 15.0 Å². The molecule has 0 atom stereocenters. The number of methoxy groups -OCH3 is 1. The van der Waals surface area contributed by atoms with Crippen molar-refractivity contribution in [1.29, 1.82) is 0 Å². The van der Waals surface area contributed by atoms with Crippen LogP contribution in [0.2, 0.25) is 0 Å². The molecule has 0 aliphatic rings. The Kier molecular flexibility index (Phi) is 7.52. The molecule has 0 bridgehead atoms. The van der Waals surface area contributed by atoms with Gasteiger partial charge >= 0.3 is 13.6 Å². The molecule has 0 aromatic carbocycles. The van der Waals surface area contributed by atoms with Crippen molar-refractivity contribution in [2.75, 3.05) is 33.3 Å². The number of aromatic nitrogens is 3. The highest BCUT2D eigenvalue weighted by Crippen LogP contribution is 2.47. The predicted octanol–water partition coefficient (Wildman–Crippen LogP) is 1.30. The molecule has 120 valence electrons. The molecule has 0 fully saturated rings. The van der Waals surface area contributed by atoms with E-state index in [2.05, 4.69) is 15.0 Å². The largest absolute Gasteiger partial charge is 0.464 e. The van der Waals surface area contributed by atoms with Gasteiger partial charge in [-0.25, -0.2) is 9.48 Å². The van der Waals surface area contributed by atoms with E-state index in [9.17, 15) is 9.36 Å². The molecular formula is C11H20N3O6P. The number of hydrogen-bond acceptors (Lipinski definition) is 8. The maximum absolute atomic E-state index is 12.1. The molecule has 0 unspecified atom stereocenters. The van der Waals surface area contributed by atoms with E-state index in [1.165, 1.54) is 18.0 Å². The van der Waals surface area contributed by atoms with Crippen molar-refractivity contribution in [3.8, 4) is 0 Å². The summed E-state index contributed by atoms with van der Waals surface area (Å²) in [6, 6.07) is 0. The zero-order chi connectivity index (χ0) is 15.7. The molecule has 1 aromatic rings. The molecule has 0 N–H and O–H groups in total. The van der Waals surface area contributed by atoms with Crippen LogP contribution in [0.1, 0.15) is 24.3 Å². The first kappa shape index (κ1) is 17.8. The van der Waals surface area contributed by atoms with Gasteiger partial charge in [0.15, 0.2) is 5.69 Å². The number of carbonyl (C=O) groups excluding carboxylic acids is 1. The highest BCUT2D eigenvalue weighted by atomic mass is 31.2. The van der Waals surface area contributed by atoms with E-state index in [-0.39, 0.29) is 31.9 Å². The fourth-order valence-corrected chi connectivity index (χ4v) is 2.81. The second kappa shape index (κ2) is 8.89. The van der Waals surface area contributed by atoms with Crippen LogP contribution in [0.25, 0.3) is 0 Å². The summed E-state index contributed by atoms with van der Waals surface area (Å²) in [5.74, 6) is -0.556. The monoisotopic (exact) mass is 321 g/mol. The molecule has 0 aliphatic carbocycles. The second-order valence-corrected chi connectivity index (χ2v) is 5.84. The van der Waals surface area contributed by atoms with Gasteiger partial charge in [-0.05, 0) is 13.8 Å². The summed E-state index contributed by atoms with van der Waals surface area (Å²) in [5, 5.41) is 7.40. The molecule has 10 heteroatoms. The van der Waals surface area contributed by atoms with Crippen molar-refractivity contribution in [2.24, 2.45) is 0 Å². The van der Waals surface area contributed by atoms with Crippen molar-refractivity contribution in [3.05, 3.63) is 11.9 Å². The zero-order valence-electron chi connectivity index (χ0n) is 12.4. The SMILES string of the molecule is CCOP(=O)(COCCn1cc(C(=O)OC)nn1)OCC. The van der Waals surface area contributed by atoms with E-state index in [4.69, 9.17) is 13.8 Å². The topological polar surface area (TPSA) is 102 Å². The third kappa shape index (κ3) is 5.92. The lowest BCUT2D eigenvalue weighted by Gasteiger charge is -2.16. The Hall–Kier alpha value is -1.28. The molecule has 0 aliphatic heterocycles. The van der Waals surface area contributed by atoms with Crippen LogP contribution in [-0.4, -0.2) is 54.2 Å². The van der Waals surface area contributed by atoms with Crippen LogP contribution < -0.4 is 0 Å². The molecule has 0 saturated carbocycles. The smallest absolute Gasteiger partial charge is 0.360 e. The van der Waals surface area contributed by atoms with Gasteiger partial charge in [0.05, 0.1) is 39.7 Å². The summed E-state index contributed by atoms with van der Waals surface area (Å²) in [7, 11) is -1.93. The van der Waals surface area contributed by atoms with Crippen LogP contribution in [0.3, 0.4) is 0 Å². The van der Waals surface area contributed by atoms with E-state index in [1.807, 2.05) is 0 Å². The average molecular weight is 321 g/mol. The van der Waals surface area contributed by atoms with E-state index in [0.29, 0.717) is 6.54 Å². The van der Waals surface area contributed by atoms with Crippen LogP contribution >= 0.6 is 7.60 Å². The Morgan fingerprint density at radius 2 is 2.00 bits per heavy atom. The summed E-state index contributed by atoms with van der Waals surface area (Å²) >= 11 is 0. The van der Waals surface area contributed by atoms with Gasteiger partial charge in [0.2, 0.25) is 0 Å². The Morgan fingerprint density at radius 1 is 1.33 bits per heavy atom. The van der Waals surface area contributed by atoms with Gasteiger partial charge in [0, 0.05) is 0 Å². The van der Waals surface area contributed by atoms with Crippen molar-refractivity contribution >= 4 is 13.6 Å². The summed E-state index contributed by atoms with van der Waals surface area (Å²) in [4.78, 5) is 11.2. The van der Waals surface area contributed by atoms with Gasteiger partial charge in [-0.15, -0.1) is 5.10 Å². The molecule has 1 heterocycles. The number of carbonyl (C=O) groups is 1. The Morgan fingerprint density at radius 3 is 2.57 bits per heavy atom. The average Bonchev–Trinajstić information content (AvgIpc) is 2.92. The molecule has 0 spiro atoms. The molecule has 1 aromatic heterocycles. The van der Waals surface area contributed by atoms with Crippen LogP contribution in [0.15, 0.2) is 6.20 Å². The maximum Gasteiger partial charge on any atom is 0.360 e. The third-order valence-corrected chi connectivity index (χ3v) is 4.10. The van der Waals surface area contributed by atoms with Crippen LogP contribution in [0.5, 0.6) is 0 Å². The number of hydrogen-bond donors (Lipinski definition) is 0. The molecule has 0 radical (unpaired) electrons. The minimum absolute atomic E-state index is 0.117. The Labute approximate surface area is 123 Å². The molecule has 0 saturated heterocycles. The van der Waals surface area contributed by atoms with Gasteiger partial charge < -0.3 is 18.5 Å². The third-order valence-electron chi connectivity index (χ3n) is 2.30. The Bertz CT molecular complexity index is 482.